The molecule has 0 saturated carbocycles. The third kappa shape index (κ3) is 55.7. The third-order valence-electron chi connectivity index (χ3n) is 13.4. The van der Waals surface area contributed by atoms with Gasteiger partial charge in [-0.2, -0.15) is 0 Å². The fourth-order valence-corrected chi connectivity index (χ4v) is 9.33. The molecule has 9 nitrogen and oxygen atoms in total. The molecule has 0 aliphatic carbocycles. The van der Waals surface area contributed by atoms with Crippen LogP contribution in [0, 0.1) is 0 Å². The van der Waals surface area contributed by atoms with Crippen molar-refractivity contribution in [2.45, 2.75) is 277 Å². The van der Waals surface area contributed by atoms with Crippen LogP contribution in [0.25, 0.3) is 0 Å². The molecule has 3 unspecified atom stereocenters. The van der Waals surface area contributed by atoms with Gasteiger partial charge in [0.05, 0.1) is 33.8 Å². The Balaban J connectivity index is 5.29. The second-order valence-electron chi connectivity index (χ2n) is 21.9. The summed E-state index contributed by atoms with van der Waals surface area (Å²) in [5.74, 6) is -0.528. The predicted molar refractivity (Wildman–Crippen MR) is 323 cm³/mol. The van der Waals surface area contributed by atoms with Crippen LogP contribution >= 0.6 is 7.82 Å². The van der Waals surface area contributed by atoms with E-state index in [9.17, 15) is 19.0 Å². The van der Waals surface area contributed by atoms with Crippen molar-refractivity contribution in [2.24, 2.45) is 0 Å². The van der Waals surface area contributed by atoms with Crippen LogP contribution in [-0.4, -0.2) is 74.3 Å². The molecule has 0 aromatic rings. The summed E-state index contributed by atoms with van der Waals surface area (Å²) in [5.41, 5.74) is 0. The lowest BCUT2D eigenvalue weighted by atomic mass is 10.0. The van der Waals surface area contributed by atoms with Crippen LogP contribution in [0.15, 0.2) is 85.1 Å². The van der Waals surface area contributed by atoms with Gasteiger partial charge in [-0.15, -0.1) is 0 Å². The number of quaternary nitrogens is 1. The second-order valence-corrected chi connectivity index (χ2v) is 23.4. The number of allylic oxidation sites excluding steroid dienone is 13. The molecule has 0 bridgehead atoms. The fourth-order valence-electron chi connectivity index (χ4n) is 8.59. The Morgan fingerprint density at radius 2 is 0.907 bits per heavy atom. The quantitative estimate of drug-likeness (QED) is 0.0156. The molecule has 0 aliphatic heterocycles. The number of amides is 1. The van der Waals surface area contributed by atoms with Gasteiger partial charge in [0, 0.05) is 12.8 Å². The van der Waals surface area contributed by atoms with E-state index in [-0.39, 0.29) is 31.5 Å². The number of carbonyl (C=O) groups is 2. The molecular weight excluding hydrogens is 952 g/mol. The highest BCUT2D eigenvalue weighted by atomic mass is 31.2. The number of ether oxygens (including phenoxy) is 1. The molecule has 0 fully saturated rings. The SMILES string of the molecule is CC/C=C/C=C/C=C/CCCCCCCCCC(=O)OC(/C=C\CCCCCCCCCCCCC)C(COP(=O)(O)OCC[N+](C)(C)C)NC(=O)CCCCCCCCCC/C=C\C/C=C\C/C=C\CCCCC. The molecule has 1 amide bonds. The summed E-state index contributed by atoms with van der Waals surface area (Å²) in [7, 11) is 1.48. The highest BCUT2D eigenvalue weighted by Gasteiger charge is 2.30. The van der Waals surface area contributed by atoms with Crippen LogP contribution in [0.1, 0.15) is 265 Å². The van der Waals surface area contributed by atoms with Gasteiger partial charge in [0.1, 0.15) is 19.3 Å². The highest BCUT2D eigenvalue weighted by molar-refractivity contribution is 7.47. The van der Waals surface area contributed by atoms with Crippen molar-refractivity contribution < 1.29 is 37.3 Å². The molecule has 75 heavy (non-hydrogen) atoms. The molecular formula is C65H118N2O7P+. The maximum Gasteiger partial charge on any atom is 0.472 e. The minimum Gasteiger partial charge on any atom is -0.456 e. The van der Waals surface area contributed by atoms with Crippen molar-refractivity contribution in [1.82, 2.24) is 5.32 Å². The van der Waals surface area contributed by atoms with Crippen LogP contribution < -0.4 is 5.32 Å². The topological polar surface area (TPSA) is 111 Å². The van der Waals surface area contributed by atoms with E-state index in [0.29, 0.717) is 17.4 Å². The van der Waals surface area contributed by atoms with Gasteiger partial charge in [-0.25, -0.2) is 4.57 Å². The number of hydrogen-bond donors (Lipinski definition) is 2. The second kappa shape index (κ2) is 54.5. The van der Waals surface area contributed by atoms with Crippen molar-refractivity contribution >= 4 is 19.7 Å². The van der Waals surface area contributed by atoms with Crippen LogP contribution in [0.4, 0.5) is 0 Å². The van der Waals surface area contributed by atoms with Crippen LogP contribution in [0.3, 0.4) is 0 Å². The number of hydrogen-bond acceptors (Lipinski definition) is 6. The van der Waals surface area contributed by atoms with E-state index < -0.39 is 20.0 Å². The summed E-state index contributed by atoms with van der Waals surface area (Å²) in [4.78, 5) is 37.7. The van der Waals surface area contributed by atoms with Crippen molar-refractivity contribution in [3.8, 4) is 0 Å². The Bertz CT molecular complexity index is 1560. The molecule has 0 rings (SSSR count). The Morgan fingerprint density at radius 1 is 0.493 bits per heavy atom. The first-order valence-corrected chi connectivity index (χ1v) is 32.4. The summed E-state index contributed by atoms with van der Waals surface area (Å²) < 4.78 is 30.7. The van der Waals surface area contributed by atoms with E-state index in [1.807, 2.05) is 33.3 Å². The van der Waals surface area contributed by atoms with Crippen LogP contribution in [0.2, 0.25) is 0 Å². The van der Waals surface area contributed by atoms with Gasteiger partial charge < -0.3 is 19.4 Å². The molecule has 434 valence electrons. The predicted octanol–water partition coefficient (Wildman–Crippen LogP) is 19.0. The smallest absolute Gasteiger partial charge is 0.456 e. The Kier molecular flexibility index (Phi) is 52.5. The van der Waals surface area contributed by atoms with Crippen molar-refractivity contribution in [3.05, 3.63) is 85.1 Å². The average Bonchev–Trinajstić information content (AvgIpc) is 3.37. The monoisotopic (exact) mass is 1070 g/mol. The Labute approximate surface area is 463 Å². The zero-order chi connectivity index (χ0) is 55.0. The van der Waals surface area contributed by atoms with Crippen molar-refractivity contribution in [2.75, 3.05) is 40.9 Å². The molecule has 0 spiro atoms. The molecule has 0 aliphatic rings. The third-order valence-corrected chi connectivity index (χ3v) is 14.4. The number of nitrogens with one attached hydrogen (secondary N) is 1. The maximum atomic E-state index is 13.6. The number of likely N-dealkylation sites (N-methyl/N-ethyl adjacent to an activating group) is 1. The van der Waals surface area contributed by atoms with E-state index >= 15 is 0 Å². The number of unbranched alkanes of at least 4 members (excludes halogenated alkanes) is 29. The fraction of sp³-hybridized carbons (Fsp3) is 0.754. The highest BCUT2D eigenvalue weighted by Crippen LogP contribution is 2.43. The standard InChI is InChI=1S/C65H117N2O7P/c1-7-10-13-16-19-22-25-28-30-31-32-33-34-35-37-39-42-45-48-51-54-57-64(68)66-62(61-73-75(70,71)72-60-59-67(4,5)6)63(56-53-50-47-44-41-38-27-24-21-18-15-12-9-3)74-65(69)58-55-52-49-46-43-40-36-29-26-23-20-17-14-11-8-2/h11,14,17,19-20,22-23,26,28,30,32-33,53,56,62-63H,7-10,12-13,15-16,18,21,24-25,27,29,31,34-52,54-55,57-61H2,1-6H3,(H-,66,68,70,71)/p+1/b14-11+,20-17+,22-19-,26-23+,30-28-,33-32-,56-53-. The first-order chi connectivity index (χ1) is 36.4. The zero-order valence-corrected chi connectivity index (χ0v) is 50.4. The van der Waals surface area contributed by atoms with Gasteiger partial charge in [0.25, 0.3) is 0 Å². The summed E-state index contributed by atoms with van der Waals surface area (Å²) >= 11 is 0. The zero-order valence-electron chi connectivity index (χ0n) is 49.5. The van der Waals surface area contributed by atoms with Gasteiger partial charge in [0.15, 0.2) is 0 Å². The van der Waals surface area contributed by atoms with Crippen LogP contribution in [-0.2, 0) is 27.9 Å². The average molecular weight is 1070 g/mol. The lowest BCUT2D eigenvalue weighted by Gasteiger charge is -2.27. The van der Waals surface area contributed by atoms with Crippen molar-refractivity contribution in [1.29, 1.82) is 0 Å². The molecule has 0 radical (unpaired) electrons. The minimum atomic E-state index is -4.46. The number of carbonyl (C=O) groups excluding carboxylic acids is 2. The summed E-state index contributed by atoms with van der Waals surface area (Å²) in [5, 5.41) is 3.05. The van der Waals surface area contributed by atoms with Gasteiger partial charge >= 0.3 is 13.8 Å². The van der Waals surface area contributed by atoms with E-state index in [2.05, 4.69) is 99.0 Å². The molecule has 2 N–H and O–H groups in total. The minimum absolute atomic E-state index is 0.0332. The summed E-state index contributed by atoms with van der Waals surface area (Å²) in [6.45, 7) is 6.85. The van der Waals surface area contributed by atoms with Crippen LogP contribution in [0.5, 0.6) is 0 Å². The van der Waals surface area contributed by atoms with Gasteiger partial charge in [-0.05, 0) is 89.5 Å². The summed E-state index contributed by atoms with van der Waals surface area (Å²) in [6, 6.07) is -0.861. The Morgan fingerprint density at radius 3 is 1.41 bits per heavy atom. The molecule has 10 heteroatoms. The normalized spacial score (nSPS) is 14.3. The Hall–Kier alpha value is -2.81. The molecule has 0 aromatic carbocycles. The van der Waals surface area contributed by atoms with E-state index in [1.165, 1.54) is 128 Å². The number of rotatable bonds is 55. The number of esters is 1. The van der Waals surface area contributed by atoms with E-state index in [0.717, 1.165) is 103 Å². The molecule has 0 aromatic heterocycles. The molecule has 0 saturated heterocycles. The first kappa shape index (κ1) is 72.2. The number of phosphoric acid groups is 1. The van der Waals surface area contributed by atoms with Gasteiger partial charge in [-0.1, -0.05) is 247 Å². The number of phosphoric ester groups is 1. The maximum absolute atomic E-state index is 13.6. The molecule has 3 atom stereocenters. The largest absolute Gasteiger partial charge is 0.472 e. The lowest BCUT2D eigenvalue weighted by molar-refractivity contribution is -0.870. The lowest BCUT2D eigenvalue weighted by Crippen LogP contribution is -2.47. The van der Waals surface area contributed by atoms with E-state index in [4.69, 9.17) is 13.8 Å². The van der Waals surface area contributed by atoms with Crippen molar-refractivity contribution in [3.63, 3.8) is 0 Å². The first-order valence-electron chi connectivity index (χ1n) is 30.9. The summed E-state index contributed by atoms with van der Waals surface area (Å²) in [6.07, 6.45) is 71.4. The van der Waals surface area contributed by atoms with Gasteiger partial charge in [-0.3, -0.25) is 18.6 Å². The molecule has 0 heterocycles. The van der Waals surface area contributed by atoms with Gasteiger partial charge in [0.2, 0.25) is 5.91 Å². The number of nitrogens with zero attached hydrogens (tertiary/aromatic N) is 1. The van der Waals surface area contributed by atoms with E-state index in [1.54, 1.807) is 0 Å².